The number of carbonyl (C=O) groups is 1. The van der Waals surface area contributed by atoms with Gasteiger partial charge in [-0.25, -0.2) is 9.48 Å². The fourth-order valence-corrected chi connectivity index (χ4v) is 5.77. The second-order valence-electron chi connectivity index (χ2n) is 12.4. The van der Waals surface area contributed by atoms with Crippen LogP contribution in [0.5, 0.6) is 5.75 Å². The molecule has 222 valence electrons. The molecule has 43 heavy (non-hydrogen) atoms. The van der Waals surface area contributed by atoms with Crippen molar-refractivity contribution in [3.8, 4) is 11.4 Å². The number of hydrogen-bond acceptors (Lipinski definition) is 6. The summed E-state index contributed by atoms with van der Waals surface area (Å²) in [5.41, 5.74) is 13.4. The zero-order chi connectivity index (χ0) is 30.5. The van der Waals surface area contributed by atoms with Gasteiger partial charge in [-0.15, -0.1) is 10.2 Å². The van der Waals surface area contributed by atoms with Gasteiger partial charge in [-0.2, -0.15) is 5.10 Å². The van der Waals surface area contributed by atoms with E-state index in [4.69, 9.17) is 15.6 Å². The number of carbonyl (C=O) groups excluding carboxylic acids is 1. The Balaban J connectivity index is 1.24. The lowest BCUT2D eigenvalue weighted by molar-refractivity contribution is 0.169. The summed E-state index contributed by atoms with van der Waals surface area (Å²) in [6.45, 7) is 12.3. The first kappa shape index (κ1) is 28.3. The lowest BCUT2D eigenvalue weighted by atomic mass is 9.85. The predicted molar refractivity (Wildman–Crippen MR) is 168 cm³/mol. The van der Waals surface area contributed by atoms with Crippen LogP contribution in [-0.2, 0) is 5.41 Å². The molecule has 10 heteroatoms. The summed E-state index contributed by atoms with van der Waals surface area (Å²) >= 11 is 0. The summed E-state index contributed by atoms with van der Waals surface area (Å²) in [4.78, 5) is 13.5. The van der Waals surface area contributed by atoms with Crippen LogP contribution in [0, 0.1) is 20.8 Å². The minimum Gasteiger partial charge on any atom is -0.484 e. The maximum Gasteiger partial charge on any atom is 0.320 e. The van der Waals surface area contributed by atoms with Crippen LogP contribution in [-0.4, -0.2) is 30.4 Å². The van der Waals surface area contributed by atoms with Gasteiger partial charge in [0, 0.05) is 11.5 Å². The Bertz CT molecular complexity index is 1810. The van der Waals surface area contributed by atoms with Crippen LogP contribution in [0.1, 0.15) is 79.4 Å². The summed E-state index contributed by atoms with van der Waals surface area (Å²) in [7, 11) is 0. The Morgan fingerprint density at radius 3 is 2.42 bits per heavy atom. The van der Waals surface area contributed by atoms with Crippen molar-refractivity contribution >= 4 is 23.4 Å². The van der Waals surface area contributed by atoms with E-state index in [0.717, 1.165) is 51.5 Å². The van der Waals surface area contributed by atoms with Crippen molar-refractivity contribution in [2.45, 2.75) is 71.9 Å². The second-order valence-corrected chi connectivity index (χ2v) is 12.4. The Morgan fingerprint density at radius 2 is 1.70 bits per heavy atom. The minimum atomic E-state index is -0.284. The van der Waals surface area contributed by atoms with E-state index in [1.54, 1.807) is 9.08 Å². The number of nitrogens with zero attached hydrogens (tertiary/aromatic N) is 5. The first-order chi connectivity index (χ1) is 20.5. The molecule has 0 bridgehead atoms. The Labute approximate surface area is 251 Å². The van der Waals surface area contributed by atoms with E-state index >= 15 is 0 Å². The third-order valence-electron chi connectivity index (χ3n) is 8.08. The molecule has 6 rings (SSSR count). The van der Waals surface area contributed by atoms with Crippen molar-refractivity contribution in [1.29, 1.82) is 0 Å². The average molecular weight is 579 g/mol. The molecule has 2 amide bonds. The lowest BCUT2D eigenvalue weighted by Crippen LogP contribution is -2.36. The first-order valence-corrected chi connectivity index (χ1v) is 14.6. The number of fused-ring (bicyclic) bond motifs is 2. The first-order valence-electron chi connectivity index (χ1n) is 14.6. The monoisotopic (exact) mass is 578 g/mol. The van der Waals surface area contributed by atoms with E-state index in [9.17, 15) is 4.79 Å². The van der Waals surface area contributed by atoms with E-state index in [2.05, 4.69) is 53.7 Å². The van der Waals surface area contributed by atoms with Gasteiger partial charge < -0.3 is 15.8 Å². The summed E-state index contributed by atoms with van der Waals surface area (Å²) in [5, 5.41) is 19.3. The van der Waals surface area contributed by atoms with Crippen LogP contribution < -0.4 is 21.1 Å². The van der Waals surface area contributed by atoms with E-state index in [1.807, 2.05) is 69.3 Å². The molecule has 4 N–H and O–H groups in total. The highest BCUT2D eigenvalue weighted by atomic mass is 16.5. The summed E-state index contributed by atoms with van der Waals surface area (Å²) in [5.74, 6) is 1.71. The standard InChI is InChI=1S/C33H38N8O2/c1-19-11-13-22(14-12-19)41-28(18-27(39-41)33(4,5)6)36-32(42)35-25-15-16-26(24-10-8-7-9-23(24)25)43-30-20(2)17-29-37-38-31(34)40(29)21(30)3/h7-14,17-18,25-26H,15-16H2,1-6H3,(H2,34,38)(H2,35,36,42)/t25-,26+/m0/s1. The number of benzene rings is 2. The normalized spacial score (nSPS) is 16.6. The summed E-state index contributed by atoms with van der Waals surface area (Å²) in [6.07, 6.45) is 1.27. The van der Waals surface area contributed by atoms with Crippen molar-refractivity contribution in [2.75, 3.05) is 11.1 Å². The van der Waals surface area contributed by atoms with Crippen molar-refractivity contribution in [1.82, 2.24) is 29.7 Å². The van der Waals surface area contributed by atoms with Crippen LogP contribution in [0.3, 0.4) is 0 Å². The highest BCUT2D eigenvalue weighted by Crippen LogP contribution is 2.40. The number of nitrogens with one attached hydrogen (secondary N) is 2. The number of anilines is 2. The zero-order valence-corrected chi connectivity index (χ0v) is 25.5. The molecule has 0 aliphatic heterocycles. The zero-order valence-electron chi connectivity index (χ0n) is 25.5. The van der Waals surface area contributed by atoms with Gasteiger partial charge in [0.15, 0.2) is 5.65 Å². The van der Waals surface area contributed by atoms with Crippen molar-refractivity contribution < 1.29 is 9.53 Å². The number of pyridine rings is 1. The molecule has 1 aliphatic rings. The van der Waals surface area contributed by atoms with Crippen molar-refractivity contribution in [2.24, 2.45) is 0 Å². The molecule has 10 nitrogen and oxygen atoms in total. The number of ether oxygens (including phenoxy) is 1. The van der Waals surface area contributed by atoms with Gasteiger partial charge in [0.25, 0.3) is 0 Å². The topological polar surface area (TPSA) is 124 Å². The molecule has 5 aromatic rings. The number of nitrogen functional groups attached to an aromatic ring is 1. The molecule has 3 aromatic heterocycles. The highest BCUT2D eigenvalue weighted by Gasteiger charge is 2.31. The SMILES string of the molecule is Cc1ccc(-n2nc(C(C)(C)C)cc2NC(=O)N[C@H]2CC[C@@H](Oc3c(C)cc4nnc(N)n4c3C)c3ccccc32)cc1. The van der Waals surface area contributed by atoms with E-state index in [-0.39, 0.29) is 23.6 Å². The third-order valence-corrected chi connectivity index (χ3v) is 8.08. The maximum atomic E-state index is 13.5. The number of urea groups is 1. The van der Waals surface area contributed by atoms with Gasteiger partial charge in [0.05, 0.1) is 23.1 Å². The number of nitrogens with two attached hydrogens (primary N) is 1. The maximum absolute atomic E-state index is 13.5. The van der Waals surface area contributed by atoms with E-state index in [0.29, 0.717) is 23.8 Å². The number of hydrogen-bond donors (Lipinski definition) is 3. The van der Waals surface area contributed by atoms with Crippen LogP contribution >= 0.6 is 0 Å². The van der Waals surface area contributed by atoms with Crippen LogP contribution in [0.25, 0.3) is 11.3 Å². The molecule has 0 radical (unpaired) electrons. The molecule has 0 spiro atoms. The van der Waals surface area contributed by atoms with Crippen LogP contribution in [0.2, 0.25) is 0 Å². The minimum absolute atomic E-state index is 0.174. The van der Waals surface area contributed by atoms with Crippen LogP contribution in [0.15, 0.2) is 60.7 Å². The molecule has 2 atom stereocenters. The second kappa shape index (κ2) is 10.8. The number of aryl methyl sites for hydroxylation is 3. The Kier molecular flexibility index (Phi) is 7.07. The predicted octanol–water partition coefficient (Wildman–Crippen LogP) is 6.50. The third kappa shape index (κ3) is 5.40. The van der Waals surface area contributed by atoms with E-state index in [1.165, 1.54) is 0 Å². The number of rotatable bonds is 5. The largest absolute Gasteiger partial charge is 0.484 e. The van der Waals surface area contributed by atoms with Gasteiger partial charge >= 0.3 is 6.03 Å². The van der Waals surface area contributed by atoms with Gasteiger partial charge in [0.2, 0.25) is 5.95 Å². The van der Waals surface area contributed by atoms with Crippen molar-refractivity contribution in [3.63, 3.8) is 0 Å². The van der Waals surface area contributed by atoms with Crippen LogP contribution in [0.4, 0.5) is 16.6 Å². The molecular formula is C33H38N8O2. The smallest absolute Gasteiger partial charge is 0.320 e. The highest BCUT2D eigenvalue weighted by molar-refractivity contribution is 5.89. The fraction of sp³-hybridized carbons (Fsp3) is 0.333. The van der Waals surface area contributed by atoms with Crippen molar-refractivity contribution in [3.05, 3.63) is 94.3 Å². The van der Waals surface area contributed by atoms with Gasteiger partial charge in [-0.3, -0.25) is 9.72 Å². The molecule has 3 heterocycles. The molecule has 0 saturated heterocycles. The Hall–Kier alpha value is -4.86. The molecule has 0 saturated carbocycles. The summed E-state index contributed by atoms with van der Waals surface area (Å²) < 4.78 is 10.3. The number of amides is 2. The van der Waals surface area contributed by atoms with Gasteiger partial charge in [0.1, 0.15) is 17.7 Å². The lowest BCUT2D eigenvalue weighted by Gasteiger charge is -2.33. The molecule has 0 fully saturated rings. The summed E-state index contributed by atoms with van der Waals surface area (Å²) in [6, 6.07) is 19.7. The average Bonchev–Trinajstić information content (AvgIpc) is 3.56. The molecule has 2 aromatic carbocycles. The van der Waals surface area contributed by atoms with Gasteiger partial charge in [-0.05, 0) is 68.5 Å². The fourth-order valence-electron chi connectivity index (χ4n) is 5.77. The van der Waals surface area contributed by atoms with E-state index < -0.39 is 0 Å². The number of aromatic nitrogens is 5. The Morgan fingerprint density at radius 1 is 0.977 bits per heavy atom. The quantitative estimate of drug-likeness (QED) is 0.219. The molecule has 0 unspecified atom stereocenters. The molecule has 1 aliphatic carbocycles. The molecular weight excluding hydrogens is 540 g/mol. The van der Waals surface area contributed by atoms with Gasteiger partial charge in [-0.1, -0.05) is 62.7 Å².